The third-order valence-corrected chi connectivity index (χ3v) is 4.12. The topological polar surface area (TPSA) is 54.0 Å². The lowest BCUT2D eigenvalue weighted by atomic mass is 10.1. The van der Waals surface area contributed by atoms with Gasteiger partial charge in [-0.2, -0.15) is 0 Å². The van der Waals surface area contributed by atoms with Crippen LogP contribution >= 0.6 is 0 Å². The molecule has 3 rings (SSSR count). The van der Waals surface area contributed by atoms with Crippen molar-refractivity contribution < 1.29 is 9.18 Å². The van der Waals surface area contributed by atoms with Crippen molar-refractivity contribution in [2.24, 2.45) is 0 Å². The minimum Gasteiger partial charge on any atom is -0.352 e. The molecule has 5 heteroatoms. The number of amides is 1. The first-order valence-corrected chi connectivity index (χ1v) is 9.12. The quantitative estimate of drug-likeness (QED) is 0.596. The van der Waals surface area contributed by atoms with Crippen molar-refractivity contribution in [1.29, 1.82) is 0 Å². The Morgan fingerprint density at radius 2 is 1.89 bits per heavy atom. The Balaban J connectivity index is 1.57. The van der Waals surface area contributed by atoms with Crippen LogP contribution in [-0.4, -0.2) is 24.1 Å². The molecule has 28 heavy (non-hydrogen) atoms. The number of anilines is 2. The summed E-state index contributed by atoms with van der Waals surface area (Å²) in [5, 5.41) is 6.12. The van der Waals surface area contributed by atoms with Crippen molar-refractivity contribution in [3.8, 4) is 0 Å². The van der Waals surface area contributed by atoms with Crippen LogP contribution < -0.4 is 10.6 Å². The molecule has 0 unspecified atom stereocenters. The van der Waals surface area contributed by atoms with E-state index in [1.54, 1.807) is 24.4 Å². The molecule has 3 aromatic rings. The normalized spacial score (nSPS) is 10.8. The summed E-state index contributed by atoms with van der Waals surface area (Å²) in [6.45, 7) is 0.0795. The van der Waals surface area contributed by atoms with Gasteiger partial charge in [-0.15, -0.1) is 0 Å². The highest BCUT2D eigenvalue weighted by atomic mass is 19.1. The summed E-state index contributed by atoms with van der Waals surface area (Å²) in [5.41, 5.74) is 3.37. The Hall–Kier alpha value is -3.47. The number of carbonyl (C=O) groups is 1. The Bertz CT molecular complexity index is 924. The van der Waals surface area contributed by atoms with Crippen molar-refractivity contribution in [2.75, 3.05) is 18.5 Å². The van der Waals surface area contributed by atoms with E-state index in [9.17, 15) is 9.18 Å². The minimum absolute atomic E-state index is 0.112. The number of hydrogen-bond acceptors (Lipinski definition) is 3. The van der Waals surface area contributed by atoms with Gasteiger partial charge in [0.2, 0.25) is 0 Å². The van der Waals surface area contributed by atoms with Crippen LogP contribution in [0.15, 0.2) is 79.0 Å². The molecule has 2 N–H and O–H groups in total. The largest absolute Gasteiger partial charge is 0.352 e. The second-order valence-electron chi connectivity index (χ2n) is 6.23. The number of benzene rings is 2. The molecule has 0 saturated heterocycles. The maximum Gasteiger partial charge on any atom is 0.251 e. The summed E-state index contributed by atoms with van der Waals surface area (Å²) in [6, 6.07) is 21.0. The molecule has 1 heterocycles. The monoisotopic (exact) mass is 375 g/mol. The van der Waals surface area contributed by atoms with Crippen molar-refractivity contribution in [1.82, 2.24) is 10.3 Å². The number of halogens is 1. The van der Waals surface area contributed by atoms with Gasteiger partial charge in [0.25, 0.3) is 5.91 Å². The Morgan fingerprint density at radius 3 is 2.64 bits per heavy atom. The molecule has 0 bridgehead atoms. The average Bonchev–Trinajstić information content (AvgIpc) is 2.74. The van der Waals surface area contributed by atoms with E-state index in [2.05, 4.69) is 15.6 Å². The molecule has 0 atom stereocenters. The van der Waals surface area contributed by atoms with Gasteiger partial charge >= 0.3 is 0 Å². The summed E-state index contributed by atoms with van der Waals surface area (Å²) >= 11 is 0. The molecular formula is C23H22FN3O. The molecule has 0 radical (unpaired) electrons. The molecule has 2 aromatic carbocycles. The molecule has 0 aliphatic carbocycles. The van der Waals surface area contributed by atoms with Crippen LogP contribution in [0.4, 0.5) is 15.9 Å². The molecule has 0 spiro atoms. The van der Waals surface area contributed by atoms with E-state index in [1.807, 2.05) is 54.6 Å². The van der Waals surface area contributed by atoms with E-state index in [4.69, 9.17) is 0 Å². The first kappa shape index (κ1) is 19.3. The zero-order chi connectivity index (χ0) is 19.6. The van der Waals surface area contributed by atoms with Crippen LogP contribution in [0.5, 0.6) is 0 Å². The van der Waals surface area contributed by atoms with Crippen LogP contribution in [0.25, 0.3) is 6.08 Å². The molecule has 142 valence electrons. The van der Waals surface area contributed by atoms with Gasteiger partial charge in [-0.3, -0.25) is 4.79 Å². The van der Waals surface area contributed by atoms with Crippen LogP contribution in [0.1, 0.15) is 21.5 Å². The van der Waals surface area contributed by atoms with E-state index in [0.717, 1.165) is 17.7 Å². The molecule has 0 fully saturated rings. The molecule has 0 aliphatic rings. The van der Waals surface area contributed by atoms with Crippen LogP contribution in [-0.2, 0) is 6.42 Å². The third kappa shape index (κ3) is 5.77. The van der Waals surface area contributed by atoms with Gasteiger partial charge in [-0.1, -0.05) is 48.6 Å². The van der Waals surface area contributed by atoms with Gasteiger partial charge in [-0.05, 0) is 47.9 Å². The van der Waals surface area contributed by atoms with Gasteiger partial charge in [-0.25, -0.2) is 9.37 Å². The first-order valence-electron chi connectivity index (χ1n) is 9.12. The predicted molar refractivity (Wildman–Crippen MR) is 111 cm³/mol. The number of nitrogens with zero attached hydrogens (tertiary/aromatic N) is 1. The second-order valence-corrected chi connectivity index (χ2v) is 6.23. The number of hydrogen-bond donors (Lipinski definition) is 2. The van der Waals surface area contributed by atoms with Gasteiger partial charge < -0.3 is 10.6 Å². The number of aromatic nitrogens is 1. The Labute approximate surface area is 164 Å². The highest BCUT2D eigenvalue weighted by Gasteiger charge is 2.06. The van der Waals surface area contributed by atoms with Crippen molar-refractivity contribution in [3.05, 3.63) is 95.7 Å². The lowest BCUT2D eigenvalue weighted by molar-refractivity contribution is 0.0954. The summed E-state index contributed by atoms with van der Waals surface area (Å²) in [7, 11) is 0. The fourth-order valence-electron chi connectivity index (χ4n) is 2.71. The van der Waals surface area contributed by atoms with Crippen LogP contribution in [0, 0.1) is 0 Å². The fraction of sp³-hybridized carbons (Fsp3) is 0.130. The molecule has 0 saturated carbocycles. The van der Waals surface area contributed by atoms with Crippen molar-refractivity contribution in [3.63, 3.8) is 0 Å². The molecule has 4 nitrogen and oxygen atoms in total. The fourth-order valence-corrected chi connectivity index (χ4v) is 2.71. The third-order valence-electron chi connectivity index (χ3n) is 4.12. The number of pyridine rings is 1. The SMILES string of the molecule is O=C(NCCc1ccccc1)c1cccc(Nc2ccc(/C=C/CF)cn2)c1. The predicted octanol–water partition coefficient (Wildman–Crippen LogP) is 4.78. The maximum absolute atomic E-state index is 12.4. The number of allylic oxidation sites excluding steroid dienone is 1. The maximum atomic E-state index is 12.4. The van der Waals surface area contributed by atoms with E-state index >= 15 is 0 Å². The van der Waals surface area contributed by atoms with Crippen LogP contribution in [0.2, 0.25) is 0 Å². The van der Waals surface area contributed by atoms with Gasteiger partial charge in [0.1, 0.15) is 12.5 Å². The first-order chi connectivity index (χ1) is 13.7. The molecular weight excluding hydrogens is 353 g/mol. The highest BCUT2D eigenvalue weighted by Crippen LogP contribution is 2.17. The summed E-state index contributed by atoms with van der Waals surface area (Å²) < 4.78 is 12.2. The van der Waals surface area contributed by atoms with Gasteiger partial charge in [0.05, 0.1) is 0 Å². The van der Waals surface area contributed by atoms with Crippen LogP contribution in [0.3, 0.4) is 0 Å². The smallest absolute Gasteiger partial charge is 0.251 e. The number of rotatable bonds is 8. The van der Waals surface area contributed by atoms with E-state index < -0.39 is 6.67 Å². The number of nitrogens with one attached hydrogen (secondary N) is 2. The Morgan fingerprint density at radius 1 is 1.04 bits per heavy atom. The molecule has 1 amide bonds. The Kier molecular flexibility index (Phi) is 6.90. The second kappa shape index (κ2) is 10.0. The van der Waals surface area contributed by atoms with E-state index in [0.29, 0.717) is 17.9 Å². The summed E-state index contributed by atoms with van der Waals surface area (Å²) in [4.78, 5) is 16.7. The standard InChI is InChI=1S/C23H22FN3O/c24-14-5-8-19-11-12-22(26-17-19)27-21-10-4-9-20(16-21)23(28)25-15-13-18-6-2-1-3-7-18/h1-12,16-17H,13-15H2,(H,25,28)(H,26,27)/b8-5+. The minimum atomic E-state index is -0.500. The van der Waals surface area contributed by atoms with Gasteiger partial charge in [0, 0.05) is 24.0 Å². The van der Waals surface area contributed by atoms with Crippen molar-refractivity contribution in [2.45, 2.75) is 6.42 Å². The lowest BCUT2D eigenvalue weighted by Crippen LogP contribution is -2.25. The average molecular weight is 375 g/mol. The summed E-state index contributed by atoms with van der Waals surface area (Å²) in [5.74, 6) is 0.540. The zero-order valence-corrected chi connectivity index (χ0v) is 15.4. The molecule has 0 aliphatic heterocycles. The zero-order valence-electron chi connectivity index (χ0n) is 15.4. The number of alkyl halides is 1. The van der Waals surface area contributed by atoms with E-state index in [-0.39, 0.29) is 5.91 Å². The highest BCUT2D eigenvalue weighted by molar-refractivity contribution is 5.95. The van der Waals surface area contributed by atoms with Crippen molar-refractivity contribution >= 4 is 23.5 Å². The van der Waals surface area contributed by atoms with Gasteiger partial charge in [0.15, 0.2) is 0 Å². The lowest BCUT2D eigenvalue weighted by Gasteiger charge is -2.09. The van der Waals surface area contributed by atoms with E-state index in [1.165, 1.54) is 11.6 Å². The molecule has 1 aromatic heterocycles. The summed E-state index contributed by atoms with van der Waals surface area (Å²) in [6.07, 6.45) is 5.56. The number of carbonyl (C=O) groups excluding carboxylic acids is 1.